The Kier molecular flexibility index (Phi) is 7.30. The van der Waals surface area contributed by atoms with Crippen LogP contribution in [0.25, 0.3) is 6.08 Å². The summed E-state index contributed by atoms with van der Waals surface area (Å²) in [5.74, 6) is 0.825. The number of methoxy groups -OCH3 is 2. The average Bonchev–Trinajstić information content (AvgIpc) is 3.18. The number of furan rings is 1. The molecule has 1 heterocycles. The Balaban J connectivity index is 1.69. The quantitative estimate of drug-likeness (QED) is 0.546. The average molecular weight is 359 g/mol. The maximum Gasteiger partial charge on any atom is 0.331 e. The van der Waals surface area contributed by atoms with Crippen molar-refractivity contribution in [1.29, 1.82) is 0 Å². The van der Waals surface area contributed by atoms with E-state index in [1.165, 1.54) is 18.4 Å². The molecule has 0 bridgehead atoms. The molecule has 0 aliphatic carbocycles. The SMILES string of the molecule is COc1ccc(CCNC(=O)COC(=O)C=Cc2ccco2)cc1OC. The third kappa shape index (κ3) is 6.01. The summed E-state index contributed by atoms with van der Waals surface area (Å²) < 4.78 is 20.3. The first-order chi connectivity index (χ1) is 12.6. The maximum absolute atomic E-state index is 11.7. The molecule has 0 atom stereocenters. The van der Waals surface area contributed by atoms with Crippen LogP contribution < -0.4 is 14.8 Å². The van der Waals surface area contributed by atoms with Crippen LogP contribution in [-0.4, -0.2) is 39.2 Å². The summed E-state index contributed by atoms with van der Waals surface area (Å²) in [4.78, 5) is 23.2. The Morgan fingerprint density at radius 2 is 1.96 bits per heavy atom. The number of nitrogens with one attached hydrogen (secondary N) is 1. The van der Waals surface area contributed by atoms with E-state index in [-0.39, 0.29) is 12.5 Å². The van der Waals surface area contributed by atoms with E-state index in [1.54, 1.807) is 26.4 Å². The van der Waals surface area contributed by atoms with E-state index < -0.39 is 5.97 Å². The van der Waals surface area contributed by atoms with Crippen LogP contribution in [0.4, 0.5) is 0 Å². The van der Waals surface area contributed by atoms with E-state index in [2.05, 4.69) is 5.32 Å². The molecule has 0 spiro atoms. The van der Waals surface area contributed by atoms with Crippen LogP contribution in [0.2, 0.25) is 0 Å². The zero-order valence-corrected chi connectivity index (χ0v) is 14.7. The Labute approximate surface area is 151 Å². The second kappa shape index (κ2) is 9.93. The number of benzene rings is 1. The Bertz CT molecular complexity index is 751. The van der Waals surface area contributed by atoms with Gasteiger partial charge in [-0.2, -0.15) is 0 Å². The number of hydrogen-bond acceptors (Lipinski definition) is 6. The molecule has 1 N–H and O–H groups in total. The number of rotatable bonds is 9. The molecule has 0 unspecified atom stereocenters. The van der Waals surface area contributed by atoms with Gasteiger partial charge in [0.25, 0.3) is 5.91 Å². The molecule has 2 rings (SSSR count). The molecule has 0 fully saturated rings. The highest BCUT2D eigenvalue weighted by Gasteiger charge is 2.07. The van der Waals surface area contributed by atoms with Gasteiger partial charge in [-0.15, -0.1) is 0 Å². The van der Waals surface area contributed by atoms with Crippen LogP contribution in [0.5, 0.6) is 11.5 Å². The van der Waals surface area contributed by atoms with Gasteiger partial charge in [0.05, 0.1) is 20.5 Å². The minimum atomic E-state index is -0.614. The van der Waals surface area contributed by atoms with E-state index in [4.69, 9.17) is 18.6 Å². The van der Waals surface area contributed by atoms with Gasteiger partial charge < -0.3 is 23.9 Å². The molecule has 1 amide bonds. The zero-order valence-electron chi connectivity index (χ0n) is 14.7. The fourth-order valence-electron chi connectivity index (χ4n) is 2.15. The summed E-state index contributed by atoms with van der Waals surface area (Å²) in [5.41, 5.74) is 0.987. The van der Waals surface area contributed by atoms with Gasteiger partial charge in [-0.1, -0.05) is 6.07 Å². The summed E-state index contributed by atoms with van der Waals surface area (Å²) in [7, 11) is 3.14. The highest BCUT2D eigenvalue weighted by molar-refractivity contribution is 5.88. The van der Waals surface area contributed by atoms with E-state index in [0.29, 0.717) is 30.2 Å². The first-order valence-electron chi connectivity index (χ1n) is 7.98. The van der Waals surface area contributed by atoms with Crippen molar-refractivity contribution >= 4 is 18.0 Å². The van der Waals surface area contributed by atoms with Crippen LogP contribution in [0.3, 0.4) is 0 Å². The van der Waals surface area contributed by atoms with Crippen molar-refractivity contribution in [2.75, 3.05) is 27.4 Å². The zero-order chi connectivity index (χ0) is 18.8. The topological polar surface area (TPSA) is 87.0 Å². The van der Waals surface area contributed by atoms with Gasteiger partial charge in [0.1, 0.15) is 5.76 Å². The molecule has 2 aromatic rings. The predicted molar refractivity (Wildman–Crippen MR) is 95.0 cm³/mol. The van der Waals surface area contributed by atoms with E-state index >= 15 is 0 Å². The third-order valence-electron chi connectivity index (χ3n) is 3.46. The lowest BCUT2D eigenvalue weighted by Gasteiger charge is -2.10. The lowest BCUT2D eigenvalue weighted by molar-refractivity contribution is -0.143. The summed E-state index contributed by atoms with van der Waals surface area (Å²) in [6, 6.07) is 8.96. The van der Waals surface area contributed by atoms with Crippen molar-refractivity contribution in [3.05, 3.63) is 54.0 Å². The van der Waals surface area contributed by atoms with Gasteiger partial charge in [-0.3, -0.25) is 4.79 Å². The van der Waals surface area contributed by atoms with Crippen LogP contribution >= 0.6 is 0 Å². The third-order valence-corrected chi connectivity index (χ3v) is 3.46. The highest BCUT2D eigenvalue weighted by Crippen LogP contribution is 2.27. The van der Waals surface area contributed by atoms with Gasteiger partial charge in [0.2, 0.25) is 0 Å². The molecule has 26 heavy (non-hydrogen) atoms. The van der Waals surface area contributed by atoms with E-state index in [1.807, 2.05) is 18.2 Å². The van der Waals surface area contributed by atoms with Crippen LogP contribution in [-0.2, 0) is 20.7 Å². The monoisotopic (exact) mass is 359 g/mol. The molecule has 0 aliphatic rings. The highest BCUT2D eigenvalue weighted by atomic mass is 16.5. The second-order valence-corrected chi connectivity index (χ2v) is 5.25. The summed E-state index contributed by atoms with van der Waals surface area (Å²) in [6.07, 6.45) is 4.78. The van der Waals surface area contributed by atoms with Gasteiger partial charge in [0.15, 0.2) is 18.1 Å². The summed E-state index contributed by atoms with van der Waals surface area (Å²) >= 11 is 0. The summed E-state index contributed by atoms with van der Waals surface area (Å²) in [5, 5.41) is 2.69. The largest absolute Gasteiger partial charge is 0.493 e. The smallest absolute Gasteiger partial charge is 0.331 e. The minimum Gasteiger partial charge on any atom is -0.493 e. The van der Waals surface area contributed by atoms with Gasteiger partial charge in [-0.05, 0) is 42.3 Å². The van der Waals surface area contributed by atoms with Gasteiger partial charge in [0, 0.05) is 12.6 Å². The van der Waals surface area contributed by atoms with Gasteiger partial charge in [-0.25, -0.2) is 4.79 Å². The molecular formula is C19H21NO6. The predicted octanol–water partition coefficient (Wildman–Crippen LogP) is 2.21. The molecule has 1 aromatic carbocycles. The standard InChI is InChI=1S/C19H21NO6/c1-23-16-7-5-14(12-17(16)24-2)9-10-20-18(21)13-26-19(22)8-6-15-4-3-11-25-15/h3-8,11-12H,9-10,13H2,1-2H3,(H,20,21). The molecule has 7 heteroatoms. The number of amides is 1. The lowest BCUT2D eigenvalue weighted by Crippen LogP contribution is -2.30. The first-order valence-corrected chi connectivity index (χ1v) is 7.98. The molecule has 0 saturated heterocycles. The second-order valence-electron chi connectivity index (χ2n) is 5.25. The lowest BCUT2D eigenvalue weighted by atomic mass is 10.1. The Morgan fingerprint density at radius 3 is 2.65 bits per heavy atom. The summed E-state index contributed by atoms with van der Waals surface area (Å²) in [6.45, 7) is 0.0708. The van der Waals surface area contributed by atoms with Crippen molar-refractivity contribution < 1.29 is 28.2 Å². The maximum atomic E-state index is 11.7. The van der Waals surface area contributed by atoms with E-state index in [0.717, 1.165) is 5.56 Å². The fraction of sp³-hybridized carbons (Fsp3) is 0.263. The molecule has 0 radical (unpaired) electrons. The molecular weight excluding hydrogens is 338 g/mol. The van der Waals surface area contributed by atoms with Crippen LogP contribution in [0, 0.1) is 0 Å². The van der Waals surface area contributed by atoms with Gasteiger partial charge >= 0.3 is 5.97 Å². The number of ether oxygens (including phenoxy) is 3. The van der Waals surface area contributed by atoms with Crippen LogP contribution in [0.15, 0.2) is 47.1 Å². The van der Waals surface area contributed by atoms with E-state index in [9.17, 15) is 9.59 Å². The van der Waals surface area contributed by atoms with Crippen molar-refractivity contribution in [1.82, 2.24) is 5.32 Å². The van der Waals surface area contributed by atoms with Crippen molar-refractivity contribution in [3.8, 4) is 11.5 Å². The molecule has 1 aromatic heterocycles. The number of hydrogen-bond donors (Lipinski definition) is 1. The normalized spacial score (nSPS) is 10.5. The minimum absolute atomic E-state index is 0.340. The van der Waals surface area contributed by atoms with Crippen molar-refractivity contribution in [3.63, 3.8) is 0 Å². The first kappa shape index (κ1) is 19.1. The van der Waals surface area contributed by atoms with Crippen molar-refractivity contribution in [2.45, 2.75) is 6.42 Å². The number of carbonyl (C=O) groups is 2. The number of esters is 1. The Morgan fingerprint density at radius 1 is 1.15 bits per heavy atom. The Hall–Kier alpha value is -3.22. The van der Waals surface area contributed by atoms with Crippen LogP contribution in [0.1, 0.15) is 11.3 Å². The fourth-order valence-corrected chi connectivity index (χ4v) is 2.15. The number of carbonyl (C=O) groups excluding carboxylic acids is 2. The molecule has 0 aliphatic heterocycles. The molecule has 7 nitrogen and oxygen atoms in total. The molecule has 0 saturated carbocycles. The van der Waals surface area contributed by atoms with Crippen molar-refractivity contribution in [2.24, 2.45) is 0 Å². The molecule has 138 valence electrons.